The van der Waals surface area contributed by atoms with Gasteiger partial charge in [-0.15, -0.1) is 0 Å². The molecule has 0 spiro atoms. The molecule has 28 heavy (non-hydrogen) atoms. The molecule has 0 saturated heterocycles. The van der Waals surface area contributed by atoms with Crippen molar-refractivity contribution in [2.24, 2.45) is 5.92 Å². The highest BCUT2D eigenvalue weighted by molar-refractivity contribution is 6.09. The molecule has 152 valence electrons. The van der Waals surface area contributed by atoms with Crippen LogP contribution in [-0.4, -0.2) is 35.1 Å². The van der Waals surface area contributed by atoms with Gasteiger partial charge in [-0.1, -0.05) is 33.6 Å². The number of carbonyl (C=O) groups is 2. The molecule has 1 aromatic carbocycles. The number of fused-ring (bicyclic) bond motifs is 2. The normalized spacial score (nSPS) is 15.4. The highest BCUT2D eigenvalue weighted by Crippen LogP contribution is 2.43. The zero-order chi connectivity index (χ0) is 20.5. The minimum atomic E-state index is -0.579. The lowest BCUT2D eigenvalue weighted by Crippen LogP contribution is -2.36. The molecular weight excluding hydrogens is 356 g/mol. The molecule has 0 fully saturated rings. The first kappa shape index (κ1) is 20.2. The molecule has 1 aliphatic heterocycles. The third-order valence-electron chi connectivity index (χ3n) is 5.10. The van der Waals surface area contributed by atoms with Crippen LogP contribution in [0.3, 0.4) is 0 Å². The van der Waals surface area contributed by atoms with Crippen LogP contribution in [0.2, 0.25) is 0 Å². The third-order valence-corrected chi connectivity index (χ3v) is 5.10. The molecule has 2 N–H and O–H groups in total. The fraction of sp³-hybridized carbons (Fsp3) is 0.571. The van der Waals surface area contributed by atoms with Crippen LogP contribution in [0.5, 0.6) is 0 Å². The summed E-state index contributed by atoms with van der Waals surface area (Å²) in [5.74, 6) is 0.735. The fourth-order valence-corrected chi connectivity index (χ4v) is 3.51. The van der Waals surface area contributed by atoms with Crippen molar-refractivity contribution in [3.8, 4) is 0 Å². The van der Waals surface area contributed by atoms with Gasteiger partial charge in [0.25, 0.3) is 0 Å². The second-order valence-electron chi connectivity index (χ2n) is 8.38. The van der Waals surface area contributed by atoms with Gasteiger partial charge in [-0.3, -0.25) is 10.1 Å². The van der Waals surface area contributed by atoms with Crippen molar-refractivity contribution in [3.05, 3.63) is 17.7 Å². The molecule has 0 bridgehead atoms. The van der Waals surface area contributed by atoms with Gasteiger partial charge in [0.15, 0.2) is 0 Å². The van der Waals surface area contributed by atoms with Gasteiger partial charge in [-0.2, -0.15) is 0 Å². The lowest BCUT2D eigenvalue weighted by Gasteiger charge is -2.20. The number of rotatable bonds is 7. The summed E-state index contributed by atoms with van der Waals surface area (Å²) < 4.78 is 5.14. The van der Waals surface area contributed by atoms with Crippen molar-refractivity contribution in [3.63, 3.8) is 0 Å². The zero-order valence-corrected chi connectivity index (χ0v) is 17.4. The summed E-state index contributed by atoms with van der Waals surface area (Å²) in [5.41, 5.74) is 2.82. The second-order valence-corrected chi connectivity index (χ2v) is 8.38. The van der Waals surface area contributed by atoms with Gasteiger partial charge in [0, 0.05) is 6.54 Å². The van der Waals surface area contributed by atoms with E-state index in [0.29, 0.717) is 24.6 Å². The van der Waals surface area contributed by atoms with E-state index in [1.54, 1.807) is 0 Å². The fourth-order valence-electron chi connectivity index (χ4n) is 3.51. The maximum atomic E-state index is 12.9. The monoisotopic (exact) mass is 386 g/mol. The highest BCUT2D eigenvalue weighted by Gasteiger charge is 2.43. The van der Waals surface area contributed by atoms with E-state index < -0.39 is 11.5 Å². The van der Waals surface area contributed by atoms with E-state index in [4.69, 9.17) is 4.74 Å². The Kier molecular flexibility index (Phi) is 5.63. The quantitative estimate of drug-likeness (QED) is 0.682. The molecule has 7 nitrogen and oxygen atoms in total. The topological polar surface area (TPSA) is 87.3 Å². The molecule has 0 unspecified atom stereocenters. The van der Waals surface area contributed by atoms with Gasteiger partial charge in [0.1, 0.15) is 0 Å². The number of benzene rings is 1. The average molecular weight is 386 g/mol. The number of imidazole rings is 1. The molecule has 2 heterocycles. The SMILES string of the molecule is CCCCCN1C(=O)C(C)(C)c2cc3[nH]c(NC(=O)OCC(C)C)nc3cc21. The number of nitrogens with zero attached hydrogens (tertiary/aromatic N) is 2. The van der Waals surface area contributed by atoms with Crippen molar-refractivity contribution in [2.75, 3.05) is 23.4 Å². The summed E-state index contributed by atoms with van der Waals surface area (Å²) in [6.07, 6.45) is 2.65. The van der Waals surface area contributed by atoms with Crippen LogP contribution in [0.25, 0.3) is 11.0 Å². The van der Waals surface area contributed by atoms with Crippen LogP contribution in [0.15, 0.2) is 12.1 Å². The molecule has 1 aromatic heterocycles. The van der Waals surface area contributed by atoms with E-state index in [2.05, 4.69) is 22.2 Å². The molecule has 2 amide bonds. The van der Waals surface area contributed by atoms with Crippen molar-refractivity contribution < 1.29 is 14.3 Å². The Morgan fingerprint density at radius 1 is 1.32 bits per heavy atom. The molecule has 2 aromatic rings. The minimum absolute atomic E-state index is 0.127. The first-order chi connectivity index (χ1) is 13.2. The summed E-state index contributed by atoms with van der Waals surface area (Å²) in [6.45, 7) is 11.1. The van der Waals surface area contributed by atoms with Crippen LogP contribution in [0.4, 0.5) is 16.4 Å². The predicted octanol–water partition coefficient (Wildman–Crippen LogP) is 4.58. The van der Waals surface area contributed by atoms with E-state index >= 15 is 0 Å². The number of ether oxygens (including phenoxy) is 1. The number of hydrogen-bond acceptors (Lipinski definition) is 4. The number of carbonyl (C=O) groups excluding carboxylic acids is 2. The molecular formula is C21H30N4O3. The van der Waals surface area contributed by atoms with Gasteiger partial charge >= 0.3 is 6.09 Å². The number of H-pyrrole nitrogens is 1. The van der Waals surface area contributed by atoms with Gasteiger partial charge in [0.2, 0.25) is 11.9 Å². The van der Waals surface area contributed by atoms with E-state index in [-0.39, 0.29) is 11.8 Å². The lowest BCUT2D eigenvalue weighted by molar-refractivity contribution is -0.122. The van der Waals surface area contributed by atoms with Gasteiger partial charge in [-0.05, 0) is 43.9 Å². The second kappa shape index (κ2) is 7.81. The highest BCUT2D eigenvalue weighted by atomic mass is 16.5. The van der Waals surface area contributed by atoms with Gasteiger partial charge < -0.3 is 14.6 Å². The average Bonchev–Trinajstić information content (AvgIpc) is 3.10. The Morgan fingerprint density at radius 3 is 2.75 bits per heavy atom. The number of anilines is 2. The van der Waals surface area contributed by atoms with Crippen molar-refractivity contribution in [2.45, 2.75) is 59.3 Å². The standard InChI is InChI=1S/C21H30N4O3/c1-6-7-8-9-25-17-11-16-15(10-14(17)21(4,5)18(25)26)22-19(23-16)24-20(27)28-12-13(2)3/h10-11,13H,6-9,12H2,1-5H3,(H2,22,23,24,27). The summed E-state index contributed by atoms with van der Waals surface area (Å²) in [5, 5.41) is 2.64. The molecule has 0 saturated carbocycles. The summed E-state index contributed by atoms with van der Waals surface area (Å²) in [6, 6.07) is 3.91. The lowest BCUT2D eigenvalue weighted by atomic mass is 9.86. The zero-order valence-electron chi connectivity index (χ0n) is 17.4. The van der Waals surface area contributed by atoms with Crippen LogP contribution in [-0.2, 0) is 14.9 Å². The van der Waals surface area contributed by atoms with E-state index in [9.17, 15) is 9.59 Å². The third kappa shape index (κ3) is 3.84. The molecule has 3 rings (SSSR count). The predicted molar refractivity (Wildman–Crippen MR) is 111 cm³/mol. The van der Waals surface area contributed by atoms with Crippen LogP contribution >= 0.6 is 0 Å². The van der Waals surface area contributed by atoms with Crippen LogP contribution in [0.1, 0.15) is 59.4 Å². The van der Waals surface area contributed by atoms with Crippen molar-refractivity contribution in [1.29, 1.82) is 0 Å². The summed E-state index contributed by atoms with van der Waals surface area (Å²) >= 11 is 0. The molecule has 0 radical (unpaired) electrons. The number of amides is 2. The number of hydrogen-bond donors (Lipinski definition) is 2. The first-order valence-electron chi connectivity index (χ1n) is 10.0. The Morgan fingerprint density at radius 2 is 2.07 bits per heavy atom. The Bertz CT molecular complexity index is 885. The Balaban J connectivity index is 1.86. The van der Waals surface area contributed by atoms with Crippen molar-refractivity contribution >= 4 is 34.7 Å². The van der Waals surface area contributed by atoms with Gasteiger partial charge in [-0.25, -0.2) is 9.78 Å². The molecule has 1 aliphatic rings. The van der Waals surface area contributed by atoms with Crippen molar-refractivity contribution in [1.82, 2.24) is 9.97 Å². The largest absolute Gasteiger partial charge is 0.449 e. The molecule has 0 aliphatic carbocycles. The molecule has 0 atom stereocenters. The van der Waals surface area contributed by atoms with Crippen LogP contribution < -0.4 is 10.2 Å². The summed E-state index contributed by atoms with van der Waals surface area (Å²) in [7, 11) is 0. The smallest absolute Gasteiger partial charge is 0.413 e. The van der Waals surface area contributed by atoms with Crippen LogP contribution in [0, 0.1) is 5.92 Å². The number of aromatic nitrogens is 2. The van der Waals surface area contributed by atoms with E-state index in [1.165, 1.54) is 0 Å². The minimum Gasteiger partial charge on any atom is -0.449 e. The Hall–Kier alpha value is -2.57. The van der Waals surface area contributed by atoms with E-state index in [1.807, 2.05) is 44.7 Å². The number of nitrogens with one attached hydrogen (secondary N) is 2. The number of aromatic amines is 1. The number of unbranched alkanes of at least 4 members (excludes halogenated alkanes) is 2. The maximum Gasteiger partial charge on any atom is 0.413 e. The van der Waals surface area contributed by atoms with E-state index in [0.717, 1.165) is 36.0 Å². The van der Waals surface area contributed by atoms with Gasteiger partial charge in [0.05, 0.1) is 28.7 Å². The Labute approximate surface area is 165 Å². The summed E-state index contributed by atoms with van der Waals surface area (Å²) in [4.78, 5) is 34.3. The molecule has 7 heteroatoms. The maximum absolute atomic E-state index is 12.9. The first-order valence-corrected chi connectivity index (χ1v) is 10.0.